The Balaban J connectivity index is 1.48. The number of carbonyl (C=O) groups excluding carboxylic acids is 1. The lowest BCUT2D eigenvalue weighted by molar-refractivity contribution is -0.149. The first-order chi connectivity index (χ1) is 18.8. The van der Waals surface area contributed by atoms with Crippen molar-refractivity contribution in [2.45, 2.75) is 120 Å². The number of ether oxygens (including phenoxy) is 2. The molecule has 2 aliphatic carbocycles. The molecule has 1 amide bonds. The van der Waals surface area contributed by atoms with Gasteiger partial charge in [0.25, 0.3) is 5.91 Å². The normalized spacial score (nSPS) is 33.3. The summed E-state index contributed by atoms with van der Waals surface area (Å²) in [6.45, 7) is 12.7. The summed E-state index contributed by atoms with van der Waals surface area (Å²) in [5, 5.41) is 17.8. The van der Waals surface area contributed by atoms with Crippen LogP contribution >= 0.6 is 0 Å². The van der Waals surface area contributed by atoms with Crippen molar-refractivity contribution in [2.75, 3.05) is 20.3 Å². The highest BCUT2D eigenvalue weighted by atomic mass is 28.3. The second-order valence-electron chi connectivity index (χ2n) is 12.8. The van der Waals surface area contributed by atoms with Gasteiger partial charge in [0, 0.05) is 51.0 Å². The van der Waals surface area contributed by atoms with Crippen molar-refractivity contribution in [3.63, 3.8) is 0 Å². The van der Waals surface area contributed by atoms with Crippen molar-refractivity contribution >= 4 is 14.0 Å². The lowest BCUT2D eigenvalue weighted by Crippen LogP contribution is -2.50. The highest BCUT2D eigenvalue weighted by Gasteiger charge is 2.67. The Morgan fingerprint density at radius 1 is 1.26 bits per heavy atom. The minimum Gasteiger partial charge on any atom is -0.396 e. The molecule has 8 nitrogen and oxygen atoms in total. The van der Waals surface area contributed by atoms with E-state index < -0.39 is 13.7 Å². The fraction of sp³-hybridized carbons (Fsp3) is 0.767. The number of fused-ring (bicyclic) bond motifs is 1. The standard InChI is InChI=1S/C30H48N4O4Si/c1-6-17-34-26-10-8-7-9-25(26)30(29(34)36)21(2)28(39(4,5)24-13-11-23(37-3)12-14-24)27(38-30)15-18-33-20-22(16-19-35)31-32-33/h6,20-21,23-24,27-28,35H,1,7-19H2,2-5H3/t21-,23?,24?,27+,28-,30+/m0/s1. The Kier molecular flexibility index (Phi) is 8.53. The molecule has 1 aromatic rings. The summed E-state index contributed by atoms with van der Waals surface area (Å²) in [6.07, 6.45) is 14.3. The Morgan fingerprint density at radius 2 is 2.00 bits per heavy atom. The fourth-order valence-electron chi connectivity index (χ4n) is 8.56. The summed E-state index contributed by atoms with van der Waals surface area (Å²) < 4.78 is 14.8. The molecule has 2 aliphatic heterocycles. The van der Waals surface area contributed by atoms with Gasteiger partial charge in [0.15, 0.2) is 5.60 Å². The number of aromatic nitrogens is 3. The Labute approximate surface area is 234 Å². The van der Waals surface area contributed by atoms with Crippen molar-refractivity contribution in [3.8, 4) is 0 Å². The van der Waals surface area contributed by atoms with Crippen LogP contribution in [0, 0.1) is 5.92 Å². The predicted octanol–water partition coefficient (Wildman–Crippen LogP) is 4.87. The molecule has 1 saturated heterocycles. The average molecular weight is 557 g/mol. The van der Waals surface area contributed by atoms with Gasteiger partial charge in [-0.25, -0.2) is 0 Å². The maximum atomic E-state index is 14.4. The third kappa shape index (κ3) is 4.98. The summed E-state index contributed by atoms with van der Waals surface area (Å²) in [4.78, 5) is 16.4. The summed E-state index contributed by atoms with van der Waals surface area (Å²) >= 11 is 0. The zero-order chi connectivity index (χ0) is 27.8. The van der Waals surface area contributed by atoms with Gasteiger partial charge >= 0.3 is 0 Å². The van der Waals surface area contributed by atoms with Crippen molar-refractivity contribution in [2.24, 2.45) is 5.92 Å². The lowest BCUT2D eigenvalue weighted by atomic mass is 9.78. The van der Waals surface area contributed by atoms with Crippen LogP contribution in [0.15, 0.2) is 30.1 Å². The second kappa shape index (κ2) is 11.6. The maximum Gasteiger partial charge on any atom is 0.263 e. The first-order valence-electron chi connectivity index (χ1n) is 15.1. The number of allylic oxidation sites excluding steroid dienone is 1. The van der Waals surface area contributed by atoms with Crippen LogP contribution in [0.4, 0.5) is 0 Å². The molecule has 5 rings (SSSR count). The number of carbonyl (C=O) groups is 1. The number of hydrogen-bond donors (Lipinski definition) is 1. The van der Waals surface area contributed by atoms with Crippen LogP contribution in [0.5, 0.6) is 0 Å². The number of aryl methyl sites for hydroxylation is 1. The Morgan fingerprint density at radius 3 is 2.69 bits per heavy atom. The minimum absolute atomic E-state index is 0.00406. The second-order valence-corrected chi connectivity index (χ2v) is 17.9. The van der Waals surface area contributed by atoms with E-state index in [1.165, 1.54) is 24.1 Å². The quantitative estimate of drug-likeness (QED) is 0.327. The van der Waals surface area contributed by atoms with E-state index in [0.717, 1.165) is 50.6 Å². The summed E-state index contributed by atoms with van der Waals surface area (Å²) in [5.41, 5.74) is 3.50. The van der Waals surface area contributed by atoms with Gasteiger partial charge in [-0.15, -0.1) is 11.7 Å². The zero-order valence-electron chi connectivity index (χ0n) is 24.4. The number of rotatable bonds is 10. The molecule has 1 saturated carbocycles. The van der Waals surface area contributed by atoms with Crippen molar-refractivity contribution in [1.82, 2.24) is 19.9 Å². The molecule has 0 aromatic carbocycles. The van der Waals surface area contributed by atoms with Crippen molar-refractivity contribution in [3.05, 3.63) is 35.8 Å². The van der Waals surface area contributed by atoms with E-state index in [9.17, 15) is 9.90 Å². The molecule has 2 fully saturated rings. The smallest absolute Gasteiger partial charge is 0.263 e. The van der Waals surface area contributed by atoms with Crippen LogP contribution < -0.4 is 0 Å². The highest BCUT2D eigenvalue weighted by molar-refractivity contribution is 6.80. The monoisotopic (exact) mass is 556 g/mol. The molecule has 39 heavy (non-hydrogen) atoms. The van der Waals surface area contributed by atoms with Crippen LogP contribution in [0.2, 0.25) is 24.2 Å². The van der Waals surface area contributed by atoms with Gasteiger partial charge in [-0.2, -0.15) is 0 Å². The molecule has 9 heteroatoms. The topological polar surface area (TPSA) is 89.7 Å². The van der Waals surface area contributed by atoms with Gasteiger partial charge in [0.05, 0.1) is 26.0 Å². The number of amides is 1. The van der Waals surface area contributed by atoms with E-state index in [1.54, 1.807) is 0 Å². The van der Waals surface area contributed by atoms with Gasteiger partial charge in [-0.1, -0.05) is 44.1 Å². The molecule has 3 heterocycles. The van der Waals surface area contributed by atoms with E-state index in [2.05, 4.69) is 36.9 Å². The molecule has 0 unspecified atom stereocenters. The minimum atomic E-state index is -1.88. The number of hydrogen-bond acceptors (Lipinski definition) is 6. The molecular formula is C30H48N4O4Si. The lowest BCUT2D eigenvalue weighted by Gasteiger charge is -2.45. The van der Waals surface area contributed by atoms with Gasteiger partial charge in [-0.05, 0) is 61.6 Å². The molecule has 1 N–H and O–H groups in total. The Bertz CT molecular complexity index is 1080. The van der Waals surface area contributed by atoms with Gasteiger partial charge in [0.2, 0.25) is 0 Å². The molecule has 216 valence electrons. The van der Waals surface area contributed by atoms with Crippen LogP contribution in [0.1, 0.15) is 70.4 Å². The summed E-state index contributed by atoms with van der Waals surface area (Å²) in [5.74, 6) is 0.281. The molecule has 1 spiro atoms. The molecule has 0 bridgehead atoms. The first kappa shape index (κ1) is 28.7. The molecular weight excluding hydrogens is 508 g/mol. The van der Waals surface area contributed by atoms with Crippen LogP contribution in [-0.2, 0) is 27.2 Å². The van der Waals surface area contributed by atoms with Crippen molar-refractivity contribution < 1.29 is 19.4 Å². The molecule has 0 radical (unpaired) electrons. The van der Waals surface area contributed by atoms with Gasteiger partial charge in [-0.3, -0.25) is 9.48 Å². The number of aliphatic hydroxyl groups excluding tert-OH is 1. The fourth-order valence-corrected chi connectivity index (χ4v) is 13.6. The number of nitrogens with zero attached hydrogens (tertiary/aromatic N) is 4. The molecule has 1 aromatic heterocycles. The molecule has 4 aliphatic rings. The van der Waals surface area contributed by atoms with E-state index in [1.807, 2.05) is 29.0 Å². The van der Waals surface area contributed by atoms with Crippen LogP contribution in [-0.4, -0.2) is 77.1 Å². The van der Waals surface area contributed by atoms with Gasteiger partial charge < -0.3 is 19.5 Å². The third-order valence-corrected chi connectivity index (χ3v) is 15.8. The highest BCUT2D eigenvalue weighted by Crippen LogP contribution is 2.61. The van der Waals surface area contributed by atoms with Gasteiger partial charge in [0.1, 0.15) is 0 Å². The van der Waals surface area contributed by atoms with Crippen molar-refractivity contribution in [1.29, 1.82) is 0 Å². The van der Waals surface area contributed by atoms with Crippen LogP contribution in [0.25, 0.3) is 0 Å². The molecule has 4 atom stereocenters. The summed E-state index contributed by atoms with van der Waals surface area (Å²) in [7, 11) is -0.0364. The van der Waals surface area contributed by atoms with E-state index in [4.69, 9.17) is 9.47 Å². The summed E-state index contributed by atoms with van der Waals surface area (Å²) in [6, 6.07) is 0. The first-order valence-corrected chi connectivity index (χ1v) is 18.3. The average Bonchev–Trinajstić information content (AvgIpc) is 3.58. The number of aliphatic hydroxyl groups is 1. The third-order valence-electron chi connectivity index (χ3n) is 10.5. The van der Waals surface area contributed by atoms with E-state index in [-0.39, 0.29) is 24.5 Å². The maximum absolute atomic E-state index is 14.4. The number of methoxy groups -OCH3 is 1. The van der Waals surface area contributed by atoms with E-state index in [0.29, 0.717) is 36.7 Å². The SMILES string of the molecule is C=CCN1C(=O)[C@]2(O[C@H](CCn3cc(CCO)nn3)[C@@H]([Si](C)(C)C3CCC(OC)CC3)[C@@H]2C)C2=C1CCCC2. The predicted molar refractivity (Wildman–Crippen MR) is 154 cm³/mol. The largest absolute Gasteiger partial charge is 0.396 e. The van der Waals surface area contributed by atoms with E-state index >= 15 is 0 Å². The van der Waals surface area contributed by atoms with Crippen LogP contribution in [0.3, 0.4) is 0 Å². The Hall–Kier alpha value is -1.81. The zero-order valence-corrected chi connectivity index (χ0v) is 25.4.